The minimum absolute atomic E-state index is 0.0456. The van der Waals surface area contributed by atoms with E-state index in [0.717, 1.165) is 55.8 Å². The number of piperidine rings is 1. The molecule has 1 saturated heterocycles. The molecule has 1 aromatic heterocycles. The Morgan fingerprint density at radius 3 is 2.36 bits per heavy atom. The van der Waals surface area contributed by atoms with Gasteiger partial charge in [0, 0.05) is 48.9 Å². The summed E-state index contributed by atoms with van der Waals surface area (Å²) in [5, 5.41) is 27.3. The molecule has 1 fully saturated rings. The van der Waals surface area contributed by atoms with Gasteiger partial charge >= 0.3 is 5.97 Å². The van der Waals surface area contributed by atoms with Crippen LogP contribution in [0.2, 0.25) is 0 Å². The molecule has 0 aliphatic carbocycles. The number of ether oxygens (including phenoxy) is 4. The largest absolute Gasteiger partial charge is 0.494 e. The fourth-order valence-electron chi connectivity index (χ4n) is 5.95. The SMILES string of the molecule is CCOC(=O)COCCOCCCCCCOc1cccc([C@@H](C)NC(=O)c2cccc(NC3(C(=N)NC(=N)c4ccncc4)CCN(C)CC3)c2)c1. The summed E-state index contributed by atoms with van der Waals surface area (Å²) in [5.74, 6) is 0.556. The zero-order valence-corrected chi connectivity index (χ0v) is 31.2. The second-order valence-corrected chi connectivity index (χ2v) is 13.2. The van der Waals surface area contributed by atoms with Crippen molar-refractivity contribution in [2.24, 2.45) is 0 Å². The average molecular weight is 730 g/mol. The summed E-state index contributed by atoms with van der Waals surface area (Å²) in [4.78, 5) is 30.9. The van der Waals surface area contributed by atoms with E-state index in [4.69, 9.17) is 29.8 Å². The van der Waals surface area contributed by atoms with E-state index >= 15 is 0 Å². The zero-order chi connectivity index (χ0) is 37.9. The topological polar surface area (TPSA) is 171 Å². The lowest BCUT2D eigenvalue weighted by Gasteiger charge is -2.42. The maximum atomic E-state index is 13.5. The summed E-state index contributed by atoms with van der Waals surface area (Å²) in [7, 11) is 2.06. The van der Waals surface area contributed by atoms with E-state index in [1.807, 2.05) is 49.4 Å². The predicted octanol–water partition coefficient (Wildman–Crippen LogP) is 5.58. The van der Waals surface area contributed by atoms with E-state index in [-0.39, 0.29) is 36.2 Å². The van der Waals surface area contributed by atoms with Gasteiger partial charge in [0.05, 0.1) is 38.0 Å². The summed E-state index contributed by atoms with van der Waals surface area (Å²) in [6, 6.07) is 18.4. The number of aromatic nitrogens is 1. The van der Waals surface area contributed by atoms with E-state index in [0.29, 0.717) is 57.0 Å². The molecule has 1 atom stereocenters. The molecule has 3 aromatic rings. The molecule has 13 nitrogen and oxygen atoms in total. The van der Waals surface area contributed by atoms with Crippen LogP contribution < -0.4 is 20.7 Å². The molecule has 0 saturated carbocycles. The van der Waals surface area contributed by atoms with Gasteiger partial charge in [-0.25, -0.2) is 4.79 Å². The molecular weight excluding hydrogens is 674 g/mol. The standard InChI is InChI=1S/C40H55N7O6/c1-4-52-36(48)29-51-26-25-50-23-7-5-6-8-24-53-35-14-10-11-32(28-35)30(2)44-38(49)33-12-9-13-34(27-33)46-40(17-21-47(3)22-18-40)39(42)45-37(41)31-15-19-43-20-16-31/h9-16,19-20,27-28,30,46H,4-8,17-18,21-26,29H2,1-3H3,(H,44,49)(H3,41,42,45)/t30-/m1/s1. The van der Waals surface area contributed by atoms with E-state index in [1.54, 1.807) is 37.5 Å². The number of nitrogens with zero attached hydrogens (tertiary/aromatic N) is 2. The third-order valence-electron chi connectivity index (χ3n) is 9.10. The van der Waals surface area contributed by atoms with Crippen LogP contribution in [0.25, 0.3) is 0 Å². The van der Waals surface area contributed by atoms with Crippen molar-refractivity contribution in [3.05, 3.63) is 89.7 Å². The molecule has 1 aliphatic rings. The number of anilines is 1. The number of hydrogen-bond donors (Lipinski definition) is 5. The van der Waals surface area contributed by atoms with Crippen molar-refractivity contribution >= 4 is 29.2 Å². The van der Waals surface area contributed by atoms with Gasteiger partial charge in [-0.3, -0.25) is 20.6 Å². The van der Waals surface area contributed by atoms with E-state index in [2.05, 4.69) is 32.9 Å². The van der Waals surface area contributed by atoms with Gasteiger partial charge < -0.3 is 39.8 Å². The Balaban J connectivity index is 1.21. The van der Waals surface area contributed by atoms with Gasteiger partial charge in [0.25, 0.3) is 5.91 Å². The molecule has 1 amide bonds. The fourth-order valence-corrected chi connectivity index (χ4v) is 5.95. The van der Waals surface area contributed by atoms with Gasteiger partial charge in [-0.2, -0.15) is 0 Å². The number of amides is 1. The van der Waals surface area contributed by atoms with Crippen LogP contribution in [-0.2, 0) is 19.0 Å². The monoisotopic (exact) mass is 729 g/mol. The van der Waals surface area contributed by atoms with Gasteiger partial charge in [0.1, 0.15) is 24.0 Å². The quantitative estimate of drug-likeness (QED) is 0.0404. The summed E-state index contributed by atoms with van der Waals surface area (Å²) in [6.07, 6.45) is 8.50. The first-order valence-corrected chi connectivity index (χ1v) is 18.5. The molecule has 2 aromatic carbocycles. The van der Waals surface area contributed by atoms with Crippen LogP contribution >= 0.6 is 0 Å². The number of nitrogens with one attached hydrogen (secondary N) is 5. The van der Waals surface area contributed by atoms with Crippen molar-refractivity contribution in [1.29, 1.82) is 10.8 Å². The molecule has 286 valence electrons. The van der Waals surface area contributed by atoms with Crippen LogP contribution in [0.5, 0.6) is 5.75 Å². The number of rotatable bonds is 21. The molecule has 0 unspecified atom stereocenters. The first-order valence-electron chi connectivity index (χ1n) is 18.5. The number of benzene rings is 2. The van der Waals surface area contributed by atoms with Gasteiger partial charge in [-0.15, -0.1) is 0 Å². The molecule has 53 heavy (non-hydrogen) atoms. The molecule has 0 radical (unpaired) electrons. The second kappa shape index (κ2) is 21.6. The van der Waals surface area contributed by atoms with Crippen LogP contribution in [0.15, 0.2) is 73.1 Å². The number of hydrogen-bond acceptors (Lipinski definition) is 11. The lowest BCUT2D eigenvalue weighted by atomic mass is 9.85. The molecule has 4 rings (SSSR count). The van der Waals surface area contributed by atoms with Crippen molar-refractivity contribution in [2.75, 3.05) is 65.1 Å². The minimum atomic E-state index is -0.729. The Morgan fingerprint density at radius 1 is 0.887 bits per heavy atom. The minimum Gasteiger partial charge on any atom is -0.494 e. The van der Waals surface area contributed by atoms with Crippen LogP contribution in [0.4, 0.5) is 5.69 Å². The molecule has 1 aliphatic heterocycles. The maximum Gasteiger partial charge on any atom is 0.332 e. The van der Waals surface area contributed by atoms with Crippen molar-refractivity contribution in [1.82, 2.24) is 20.5 Å². The lowest BCUT2D eigenvalue weighted by Crippen LogP contribution is -2.58. The van der Waals surface area contributed by atoms with Crippen molar-refractivity contribution in [3.63, 3.8) is 0 Å². The van der Waals surface area contributed by atoms with Crippen LogP contribution in [-0.4, -0.2) is 98.7 Å². The Bertz CT molecular complexity index is 1610. The Labute approximate surface area is 313 Å². The van der Waals surface area contributed by atoms with E-state index in [9.17, 15) is 9.59 Å². The predicted molar refractivity (Wildman–Crippen MR) is 206 cm³/mol. The van der Waals surface area contributed by atoms with E-state index in [1.165, 1.54) is 0 Å². The van der Waals surface area contributed by atoms with Crippen LogP contribution in [0, 0.1) is 10.8 Å². The number of carbonyl (C=O) groups excluding carboxylic acids is 2. The number of unbranched alkanes of at least 4 members (excludes halogenated alkanes) is 3. The third-order valence-corrected chi connectivity index (χ3v) is 9.10. The highest BCUT2D eigenvalue weighted by molar-refractivity contribution is 6.10. The number of likely N-dealkylation sites (tertiary alicyclic amines) is 1. The van der Waals surface area contributed by atoms with Crippen molar-refractivity contribution in [2.45, 2.75) is 64.0 Å². The summed E-state index contributed by atoms with van der Waals surface area (Å²) < 4.78 is 21.6. The summed E-state index contributed by atoms with van der Waals surface area (Å²) in [6.45, 7) is 7.66. The number of pyridine rings is 1. The van der Waals surface area contributed by atoms with Gasteiger partial charge in [-0.1, -0.05) is 24.6 Å². The number of carbonyl (C=O) groups is 2. The molecular formula is C40H55N7O6. The Hall–Kier alpha value is -4.85. The van der Waals surface area contributed by atoms with Crippen LogP contribution in [0.1, 0.15) is 79.9 Å². The summed E-state index contributed by atoms with van der Waals surface area (Å²) >= 11 is 0. The van der Waals surface area contributed by atoms with Gasteiger partial charge in [-0.05, 0) is 101 Å². The Morgan fingerprint density at radius 2 is 1.60 bits per heavy atom. The number of esters is 1. The van der Waals surface area contributed by atoms with Gasteiger partial charge in [0.15, 0.2) is 0 Å². The van der Waals surface area contributed by atoms with Crippen molar-refractivity contribution < 1.29 is 28.5 Å². The molecule has 13 heteroatoms. The molecule has 2 heterocycles. The number of amidine groups is 2. The zero-order valence-electron chi connectivity index (χ0n) is 31.2. The molecule has 0 bridgehead atoms. The fraction of sp³-hybridized carbons (Fsp3) is 0.475. The Kier molecular flexibility index (Phi) is 16.7. The highest BCUT2D eigenvalue weighted by Gasteiger charge is 2.38. The third kappa shape index (κ3) is 13.6. The first kappa shape index (κ1) is 40.9. The second-order valence-electron chi connectivity index (χ2n) is 13.2. The highest BCUT2D eigenvalue weighted by Crippen LogP contribution is 2.28. The molecule has 0 spiro atoms. The van der Waals surface area contributed by atoms with Gasteiger partial charge in [0.2, 0.25) is 0 Å². The van der Waals surface area contributed by atoms with E-state index < -0.39 is 5.54 Å². The highest BCUT2D eigenvalue weighted by atomic mass is 16.6. The normalized spacial score (nSPS) is 14.5. The molecule has 5 N–H and O–H groups in total. The maximum absolute atomic E-state index is 13.5. The smallest absolute Gasteiger partial charge is 0.332 e. The summed E-state index contributed by atoms with van der Waals surface area (Å²) in [5.41, 5.74) is 2.11. The lowest BCUT2D eigenvalue weighted by molar-refractivity contribution is -0.148. The van der Waals surface area contributed by atoms with Crippen LogP contribution in [0.3, 0.4) is 0 Å². The average Bonchev–Trinajstić information content (AvgIpc) is 3.16. The van der Waals surface area contributed by atoms with Crippen molar-refractivity contribution in [3.8, 4) is 5.75 Å². The first-order chi connectivity index (χ1) is 25.7.